The maximum absolute atomic E-state index is 12.2. The molecule has 1 aliphatic rings. The summed E-state index contributed by atoms with van der Waals surface area (Å²) in [7, 11) is 0. The number of hydrogen-bond donors (Lipinski definition) is 4. The van der Waals surface area contributed by atoms with E-state index in [0.717, 1.165) is 12.8 Å². The van der Waals surface area contributed by atoms with E-state index in [2.05, 4.69) is 17.6 Å². The molecule has 8 nitrogen and oxygen atoms in total. The van der Waals surface area contributed by atoms with Gasteiger partial charge >= 0.3 is 0 Å². The second-order valence-electron chi connectivity index (χ2n) is 7.32. The maximum Gasteiger partial charge on any atom is 0.251 e. The molecule has 0 radical (unpaired) electrons. The van der Waals surface area contributed by atoms with Gasteiger partial charge in [-0.05, 0) is 37.1 Å². The van der Waals surface area contributed by atoms with Crippen molar-refractivity contribution in [2.45, 2.75) is 70.6 Å². The average molecular weight is 408 g/mol. The number of ether oxygens (including phenoxy) is 2. The van der Waals surface area contributed by atoms with Gasteiger partial charge in [0.05, 0.1) is 18.3 Å². The number of unbranched alkanes of at least 4 members (excludes halogenated alkanes) is 1. The van der Waals surface area contributed by atoms with E-state index in [0.29, 0.717) is 37.1 Å². The zero-order valence-corrected chi connectivity index (χ0v) is 17.1. The van der Waals surface area contributed by atoms with Crippen molar-refractivity contribution in [2.24, 2.45) is 0 Å². The standard InChI is InChI=1S/C21H32N2O6/c1-3-4-11-28-20-13-17(25)12-19(29-20)18(26)9-10-22-21(27)15-5-7-16(8-6-15)23-14(2)24/h5-8,17-20,25-26H,3-4,9-13H2,1-2H3,(H,22,27)(H,23,24). The van der Waals surface area contributed by atoms with Gasteiger partial charge in [-0.1, -0.05) is 13.3 Å². The van der Waals surface area contributed by atoms with Crippen molar-refractivity contribution in [1.82, 2.24) is 5.32 Å². The van der Waals surface area contributed by atoms with Crippen LogP contribution in [-0.2, 0) is 14.3 Å². The Balaban J connectivity index is 1.75. The molecule has 4 N–H and O–H groups in total. The number of benzene rings is 1. The topological polar surface area (TPSA) is 117 Å². The van der Waals surface area contributed by atoms with Gasteiger partial charge in [0.15, 0.2) is 6.29 Å². The molecule has 1 aromatic carbocycles. The molecule has 2 amide bonds. The van der Waals surface area contributed by atoms with Gasteiger partial charge in [0, 0.05) is 44.2 Å². The minimum atomic E-state index is -0.815. The molecule has 0 saturated carbocycles. The van der Waals surface area contributed by atoms with E-state index in [1.807, 2.05) is 0 Å². The van der Waals surface area contributed by atoms with Crippen LogP contribution in [-0.4, -0.2) is 59.8 Å². The van der Waals surface area contributed by atoms with Gasteiger partial charge < -0.3 is 30.3 Å². The molecule has 1 aliphatic heterocycles. The molecule has 1 aromatic rings. The highest BCUT2D eigenvalue weighted by Crippen LogP contribution is 2.24. The Morgan fingerprint density at radius 3 is 2.66 bits per heavy atom. The molecule has 0 spiro atoms. The van der Waals surface area contributed by atoms with E-state index in [1.54, 1.807) is 24.3 Å². The van der Waals surface area contributed by atoms with Crippen LogP contribution in [0.25, 0.3) is 0 Å². The number of aliphatic hydroxyl groups is 2. The van der Waals surface area contributed by atoms with Crippen LogP contribution in [0.15, 0.2) is 24.3 Å². The fourth-order valence-electron chi connectivity index (χ4n) is 3.14. The summed E-state index contributed by atoms with van der Waals surface area (Å²) >= 11 is 0. The maximum atomic E-state index is 12.2. The smallest absolute Gasteiger partial charge is 0.251 e. The number of hydrogen-bond acceptors (Lipinski definition) is 6. The summed E-state index contributed by atoms with van der Waals surface area (Å²) in [4.78, 5) is 23.2. The van der Waals surface area contributed by atoms with Crippen LogP contribution in [0.2, 0.25) is 0 Å². The molecule has 1 saturated heterocycles. The van der Waals surface area contributed by atoms with E-state index < -0.39 is 24.6 Å². The lowest BCUT2D eigenvalue weighted by Crippen LogP contribution is -2.44. The van der Waals surface area contributed by atoms with Crippen molar-refractivity contribution in [1.29, 1.82) is 0 Å². The van der Waals surface area contributed by atoms with Gasteiger partial charge in [0.2, 0.25) is 5.91 Å². The van der Waals surface area contributed by atoms with Crippen LogP contribution in [0.1, 0.15) is 56.3 Å². The van der Waals surface area contributed by atoms with Crippen LogP contribution < -0.4 is 10.6 Å². The van der Waals surface area contributed by atoms with Crippen LogP contribution in [0.3, 0.4) is 0 Å². The highest BCUT2D eigenvalue weighted by atomic mass is 16.7. The van der Waals surface area contributed by atoms with Crippen molar-refractivity contribution < 1.29 is 29.3 Å². The number of anilines is 1. The van der Waals surface area contributed by atoms with Gasteiger partial charge in [0.1, 0.15) is 0 Å². The summed E-state index contributed by atoms with van der Waals surface area (Å²) in [6.07, 6.45) is 0.537. The van der Waals surface area contributed by atoms with Crippen LogP contribution in [0.5, 0.6) is 0 Å². The third-order valence-corrected chi connectivity index (χ3v) is 4.72. The fraction of sp³-hybridized carbons (Fsp3) is 0.619. The van der Waals surface area contributed by atoms with Gasteiger partial charge in [-0.3, -0.25) is 9.59 Å². The summed E-state index contributed by atoms with van der Waals surface area (Å²) < 4.78 is 11.4. The number of aliphatic hydroxyl groups excluding tert-OH is 2. The molecule has 162 valence electrons. The molecule has 8 heteroatoms. The number of nitrogens with one attached hydrogen (secondary N) is 2. The zero-order valence-electron chi connectivity index (χ0n) is 17.1. The lowest BCUT2D eigenvalue weighted by atomic mass is 9.99. The first-order valence-electron chi connectivity index (χ1n) is 10.2. The van der Waals surface area contributed by atoms with Gasteiger partial charge in [-0.15, -0.1) is 0 Å². The minimum absolute atomic E-state index is 0.177. The van der Waals surface area contributed by atoms with E-state index in [9.17, 15) is 19.8 Å². The summed E-state index contributed by atoms with van der Waals surface area (Å²) in [5.41, 5.74) is 1.08. The first kappa shape index (κ1) is 23.3. The second-order valence-corrected chi connectivity index (χ2v) is 7.32. The van der Waals surface area contributed by atoms with Crippen molar-refractivity contribution in [2.75, 3.05) is 18.5 Å². The summed E-state index contributed by atoms with van der Waals surface area (Å²) in [5.74, 6) is -0.443. The first-order valence-corrected chi connectivity index (χ1v) is 10.2. The summed E-state index contributed by atoms with van der Waals surface area (Å²) in [5, 5.41) is 25.8. The number of amides is 2. The molecular formula is C21H32N2O6. The molecule has 0 aromatic heterocycles. The molecule has 4 unspecified atom stereocenters. The molecule has 29 heavy (non-hydrogen) atoms. The van der Waals surface area contributed by atoms with Crippen LogP contribution in [0.4, 0.5) is 5.69 Å². The van der Waals surface area contributed by atoms with Gasteiger partial charge in [0.25, 0.3) is 5.91 Å². The summed E-state index contributed by atoms with van der Waals surface area (Å²) in [6.45, 7) is 4.32. The molecule has 1 heterocycles. The molecular weight excluding hydrogens is 376 g/mol. The van der Waals surface area contributed by atoms with Crippen LogP contribution >= 0.6 is 0 Å². The number of carbonyl (C=O) groups excluding carboxylic acids is 2. The van der Waals surface area contributed by atoms with E-state index >= 15 is 0 Å². The highest BCUT2D eigenvalue weighted by molar-refractivity contribution is 5.95. The zero-order chi connectivity index (χ0) is 21.2. The predicted octanol–water partition coefficient (Wildman–Crippen LogP) is 1.81. The number of carbonyl (C=O) groups is 2. The lowest BCUT2D eigenvalue weighted by Gasteiger charge is -2.35. The van der Waals surface area contributed by atoms with Crippen LogP contribution in [0, 0.1) is 0 Å². The Labute approximate surface area is 171 Å². The van der Waals surface area contributed by atoms with E-state index in [-0.39, 0.29) is 18.4 Å². The Bertz CT molecular complexity index is 651. The Kier molecular flexibility index (Phi) is 9.53. The Morgan fingerprint density at radius 2 is 2.00 bits per heavy atom. The molecule has 1 fully saturated rings. The van der Waals surface area contributed by atoms with Gasteiger partial charge in [-0.2, -0.15) is 0 Å². The Hall–Kier alpha value is -2.00. The molecule has 4 atom stereocenters. The van der Waals surface area contributed by atoms with Crippen molar-refractivity contribution >= 4 is 17.5 Å². The van der Waals surface area contributed by atoms with Crippen molar-refractivity contribution in [3.05, 3.63) is 29.8 Å². The second kappa shape index (κ2) is 11.9. The average Bonchev–Trinajstić information content (AvgIpc) is 2.67. The van der Waals surface area contributed by atoms with E-state index in [4.69, 9.17) is 9.47 Å². The fourth-order valence-corrected chi connectivity index (χ4v) is 3.14. The minimum Gasteiger partial charge on any atom is -0.393 e. The third-order valence-electron chi connectivity index (χ3n) is 4.72. The van der Waals surface area contributed by atoms with E-state index in [1.165, 1.54) is 6.92 Å². The lowest BCUT2D eigenvalue weighted by molar-refractivity contribution is -0.234. The largest absolute Gasteiger partial charge is 0.393 e. The van der Waals surface area contributed by atoms with Crippen molar-refractivity contribution in [3.63, 3.8) is 0 Å². The quantitative estimate of drug-likeness (QED) is 0.439. The Morgan fingerprint density at radius 1 is 1.28 bits per heavy atom. The highest BCUT2D eigenvalue weighted by Gasteiger charge is 2.33. The predicted molar refractivity (Wildman–Crippen MR) is 108 cm³/mol. The molecule has 0 aliphatic carbocycles. The van der Waals surface area contributed by atoms with Gasteiger partial charge in [-0.25, -0.2) is 0 Å². The number of rotatable bonds is 10. The normalized spacial score (nSPS) is 22.7. The molecule has 2 rings (SSSR count). The van der Waals surface area contributed by atoms with Crippen molar-refractivity contribution in [3.8, 4) is 0 Å². The monoisotopic (exact) mass is 408 g/mol. The third kappa shape index (κ3) is 8.10. The summed E-state index contributed by atoms with van der Waals surface area (Å²) in [6, 6.07) is 6.55. The SMILES string of the molecule is CCCCOC1CC(O)CC(C(O)CCNC(=O)c2ccc(NC(C)=O)cc2)O1. The molecule has 0 bridgehead atoms. The first-order chi connectivity index (χ1) is 13.9.